The van der Waals surface area contributed by atoms with Gasteiger partial charge >= 0.3 is 0 Å². The number of hydrogen-bond donors (Lipinski definition) is 1. The molecule has 2 nitrogen and oxygen atoms in total. The number of aliphatic hydroxyl groups excluding tert-OH is 1. The Labute approximate surface area is 85.7 Å². The summed E-state index contributed by atoms with van der Waals surface area (Å²) in [6.07, 6.45) is 0.865. The predicted octanol–water partition coefficient (Wildman–Crippen LogP) is 0.954. The summed E-state index contributed by atoms with van der Waals surface area (Å²) in [5.74, 6) is 0.273. The zero-order valence-electron chi connectivity index (χ0n) is 6.37. The van der Waals surface area contributed by atoms with E-state index in [2.05, 4.69) is 6.92 Å². The van der Waals surface area contributed by atoms with Crippen LogP contribution in [-0.4, -0.2) is 17.3 Å². The normalized spacial score (nSPS) is 39.3. The third kappa shape index (κ3) is 2.24. The number of aliphatic hydroxyl groups is 1. The van der Waals surface area contributed by atoms with Crippen LogP contribution in [0.15, 0.2) is 0 Å². The summed E-state index contributed by atoms with van der Waals surface area (Å²) in [6, 6.07) is 0. The summed E-state index contributed by atoms with van der Waals surface area (Å²) in [4.78, 5) is 0. The summed E-state index contributed by atoms with van der Waals surface area (Å²) in [5.41, 5.74) is 0. The largest absolute Gasteiger partial charge is 0.547 e. The Hall–Kier alpha value is 0.972. The van der Waals surface area contributed by atoms with Gasteiger partial charge in [-0.05, 0) is 18.4 Å². The summed E-state index contributed by atoms with van der Waals surface area (Å²) in [5, 5.41) is 9.12. The molecule has 1 heterocycles. The van der Waals surface area contributed by atoms with Crippen molar-refractivity contribution in [2.75, 3.05) is 0 Å². The zero-order chi connectivity index (χ0) is 6.85. The van der Waals surface area contributed by atoms with E-state index in [0.717, 1.165) is 6.42 Å². The van der Waals surface area contributed by atoms with Gasteiger partial charge < -0.3 is 9.84 Å². The van der Waals surface area contributed by atoms with Crippen molar-refractivity contribution in [2.45, 2.75) is 32.5 Å². The Kier molecular flexibility index (Phi) is 5.23. The van der Waals surface area contributed by atoms with E-state index in [-0.39, 0.29) is 49.2 Å². The molecule has 0 bridgehead atoms. The molecule has 0 aromatic carbocycles. The van der Waals surface area contributed by atoms with E-state index in [1.807, 2.05) is 6.92 Å². The van der Waals surface area contributed by atoms with Gasteiger partial charge in [0.2, 0.25) is 0 Å². The van der Waals surface area contributed by atoms with Crippen LogP contribution in [0.5, 0.6) is 0 Å². The molecule has 10 heavy (non-hydrogen) atoms. The summed E-state index contributed by atoms with van der Waals surface area (Å²) in [6.45, 7) is 5.59. The van der Waals surface area contributed by atoms with Gasteiger partial charge in [-0.25, -0.2) is 0 Å². The number of ether oxygens (including phenoxy) is 1. The van der Waals surface area contributed by atoms with Crippen molar-refractivity contribution in [3.63, 3.8) is 0 Å². The molecule has 0 amide bonds. The second-order valence-corrected chi connectivity index (χ2v) is 2.57. The van der Waals surface area contributed by atoms with Crippen LogP contribution in [-0.2, 0) is 4.74 Å². The van der Waals surface area contributed by atoms with Crippen molar-refractivity contribution >= 4 is 0 Å². The molecule has 1 aliphatic rings. The van der Waals surface area contributed by atoms with Gasteiger partial charge in [-0.15, -0.1) is 0 Å². The minimum absolute atomic E-state index is 0. The third-order valence-corrected chi connectivity index (χ3v) is 1.92. The van der Waals surface area contributed by atoms with E-state index in [0.29, 0.717) is 0 Å². The topological polar surface area (TPSA) is 29.5 Å². The van der Waals surface area contributed by atoms with Crippen LogP contribution >= 0.6 is 0 Å². The maximum Gasteiger partial charge on any atom is 0.0254 e. The van der Waals surface area contributed by atoms with Crippen LogP contribution in [0.3, 0.4) is 0 Å². The fourth-order valence-electron chi connectivity index (χ4n) is 1.12. The molecule has 0 aliphatic carbocycles. The smallest absolute Gasteiger partial charge is 0.0254 e. The molecule has 0 aromatic heterocycles. The second-order valence-electron chi connectivity index (χ2n) is 2.57. The van der Waals surface area contributed by atoms with Crippen LogP contribution < -0.4 is 0 Å². The maximum absolute atomic E-state index is 9.12. The molecule has 0 aromatic rings. The van der Waals surface area contributed by atoms with Crippen LogP contribution in [0.4, 0.5) is 0 Å². The van der Waals surface area contributed by atoms with Crippen LogP contribution in [0.25, 0.3) is 0 Å². The van der Waals surface area contributed by atoms with E-state index in [9.17, 15) is 0 Å². The first-order valence-corrected chi connectivity index (χ1v) is 3.42. The van der Waals surface area contributed by atoms with Gasteiger partial charge in [0.25, 0.3) is 0 Å². The fraction of sp³-hybridized carbons (Fsp3) is 0.857. The first-order chi connectivity index (χ1) is 4.25. The van der Waals surface area contributed by atoms with Gasteiger partial charge in [0.1, 0.15) is 0 Å². The van der Waals surface area contributed by atoms with Crippen molar-refractivity contribution in [2.24, 2.45) is 5.92 Å². The average molecular weight is 367 g/mol. The standard InChI is InChI=1S/C7H13O2.U/c1-3-7-5(2)6(8)4-9-7;/h4-8H,3H2,1-2H3;/q-1;/t5-,6?,7-;/m1./s1. The Morgan fingerprint density at radius 3 is 2.40 bits per heavy atom. The first kappa shape index (κ1) is 11.0. The van der Waals surface area contributed by atoms with E-state index in [4.69, 9.17) is 9.84 Å². The van der Waals surface area contributed by atoms with E-state index >= 15 is 0 Å². The van der Waals surface area contributed by atoms with Crippen LogP contribution in [0.1, 0.15) is 20.3 Å². The SMILES string of the molecule is CC[C@H]1O[CH-]C(O)[C@H]1C.[U]. The molecule has 1 N–H and O–H groups in total. The Balaban J connectivity index is 0.000000810. The summed E-state index contributed by atoms with van der Waals surface area (Å²) < 4.78 is 5.15. The molecule has 0 saturated carbocycles. The molecule has 3 heteroatoms. The molecule has 58 valence electrons. The van der Waals surface area contributed by atoms with E-state index < -0.39 is 0 Å². The predicted molar refractivity (Wildman–Crippen MR) is 34.6 cm³/mol. The van der Waals surface area contributed by atoms with Crippen molar-refractivity contribution in [1.29, 1.82) is 0 Å². The van der Waals surface area contributed by atoms with Gasteiger partial charge in [0, 0.05) is 37.2 Å². The van der Waals surface area contributed by atoms with Gasteiger partial charge in [-0.3, -0.25) is 0 Å². The van der Waals surface area contributed by atoms with E-state index in [1.54, 1.807) is 0 Å². The molecular formula is C7H13O2U-. The van der Waals surface area contributed by atoms with Crippen molar-refractivity contribution in [3.05, 3.63) is 6.61 Å². The zero-order valence-corrected chi connectivity index (χ0v) is 10.5. The Morgan fingerprint density at radius 1 is 1.60 bits per heavy atom. The van der Waals surface area contributed by atoms with Gasteiger partial charge in [-0.2, -0.15) is 6.61 Å². The van der Waals surface area contributed by atoms with Crippen molar-refractivity contribution in [3.8, 4) is 0 Å². The second kappa shape index (κ2) is 4.77. The molecule has 1 aliphatic heterocycles. The molecule has 0 spiro atoms. The molecule has 3 atom stereocenters. The fourth-order valence-corrected chi connectivity index (χ4v) is 1.12. The van der Waals surface area contributed by atoms with Crippen LogP contribution in [0.2, 0.25) is 0 Å². The van der Waals surface area contributed by atoms with Crippen molar-refractivity contribution in [1.82, 2.24) is 0 Å². The average Bonchev–Trinajstić information content (AvgIpc) is 2.15. The summed E-state index contributed by atoms with van der Waals surface area (Å²) in [7, 11) is 0. The molecule has 1 rings (SSSR count). The number of hydrogen-bond acceptors (Lipinski definition) is 2. The molecular weight excluding hydrogens is 354 g/mol. The minimum atomic E-state index is -0.352. The molecule has 1 fully saturated rings. The van der Waals surface area contributed by atoms with Gasteiger partial charge in [0.05, 0.1) is 0 Å². The monoisotopic (exact) mass is 367 g/mol. The number of rotatable bonds is 1. The van der Waals surface area contributed by atoms with Gasteiger partial charge in [0.15, 0.2) is 0 Å². The molecule has 0 radical (unpaired) electrons. The van der Waals surface area contributed by atoms with Gasteiger partial charge in [-0.1, -0.05) is 13.8 Å². The van der Waals surface area contributed by atoms with E-state index in [1.165, 1.54) is 6.61 Å². The minimum Gasteiger partial charge on any atom is -0.547 e. The third-order valence-electron chi connectivity index (χ3n) is 1.92. The Morgan fingerprint density at radius 2 is 2.20 bits per heavy atom. The quantitative estimate of drug-likeness (QED) is 0.700. The van der Waals surface area contributed by atoms with Crippen molar-refractivity contribution < 1.29 is 41.0 Å². The summed E-state index contributed by atoms with van der Waals surface area (Å²) >= 11 is 0. The maximum atomic E-state index is 9.12. The Bertz CT molecular complexity index is 97.6. The van der Waals surface area contributed by atoms with Crippen LogP contribution in [0, 0.1) is 43.6 Å². The molecule has 1 unspecified atom stereocenters. The first-order valence-electron chi connectivity index (χ1n) is 3.42. The molecule has 1 saturated heterocycles.